The van der Waals surface area contributed by atoms with Crippen molar-refractivity contribution in [3.8, 4) is 5.75 Å². The Morgan fingerprint density at radius 3 is 2.81 bits per heavy atom. The van der Waals surface area contributed by atoms with Gasteiger partial charge in [-0.25, -0.2) is 9.18 Å². The van der Waals surface area contributed by atoms with Crippen LogP contribution in [0.5, 0.6) is 5.75 Å². The molecular weight excluding hydrogens is 357 g/mol. The minimum Gasteiger partial charge on any atom is -0.497 e. The van der Waals surface area contributed by atoms with Crippen molar-refractivity contribution in [3.63, 3.8) is 0 Å². The number of ether oxygens (including phenoxy) is 2. The number of benzene rings is 2. The van der Waals surface area contributed by atoms with Gasteiger partial charge in [0.15, 0.2) is 6.61 Å². The van der Waals surface area contributed by atoms with Crippen LogP contribution in [0.3, 0.4) is 0 Å². The predicted molar refractivity (Wildman–Crippen MR) is 96.9 cm³/mol. The molecule has 134 valence electrons. The van der Waals surface area contributed by atoms with Crippen molar-refractivity contribution in [2.45, 2.75) is 6.54 Å². The molecule has 0 aliphatic carbocycles. The number of carbonyl (C=O) groups excluding carboxylic acids is 2. The summed E-state index contributed by atoms with van der Waals surface area (Å²) in [4.78, 5) is 24.2. The number of nitrogens with one attached hydrogen (secondary N) is 1. The number of rotatable bonds is 6. The second-order valence-corrected chi connectivity index (χ2v) is 6.58. The molecule has 0 bridgehead atoms. The van der Waals surface area contributed by atoms with Gasteiger partial charge in [-0.15, -0.1) is 11.3 Å². The Morgan fingerprint density at radius 1 is 1.15 bits per heavy atom. The molecule has 0 spiro atoms. The maximum absolute atomic E-state index is 13.2. The Balaban J connectivity index is 1.52. The second-order valence-electron chi connectivity index (χ2n) is 5.50. The molecule has 3 rings (SSSR count). The van der Waals surface area contributed by atoms with Crippen molar-refractivity contribution < 1.29 is 23.5 Å². The molecule has 1 N–H and O–H groups in total. The van der Waals surface area contributed by atoms with Gasteiger partial charge in [-0.3, -0.25) is 4.79 Å². The summed E-state index contributed by atoms with van der Waals surface area (Å²) >= 11 is 1.19. The minimum atomic E-state index is -0.608. The van der Waals surface area contributed by atoms with Gasteiger partial charge in [0.2, 0.25) is 0 Å². The van der Waals surface area contributed by atoms with E-state index in [1.807, 2.05) is 24.3 Å². The Kier molecular flexibility index (Phi) is 5.48. The van der Waals surface area contributed by atoms with Crippen LogP contribution in [0.4, 0.5) is 4.39 Å². The van der Waals surface area contributed by atoms with Crippen molar-refractivity contribution in [1.29, 1.82) is 0 Å². The van der Waals surface area contributed by atoms with Gasteiger partial charge in [0, 0.05) is 11.2 Å². The molecule has 1 amide bonds. The highest BCUT2D eigenvalue weighted by Crippen LogP contribution is 2.26. The Hall–Kier alpha value is -2.93. The molecule has 0 fully saturated rings. The smallest absolute Gasteiger partial charge is 0.348 e. The number of thiophene rings is 1. The highest BCUT2D eigenvalue weighted by atomic mass is 32.1. The van der Waals surface area contributed by atoms with Crippen LogP contribution < -0.4 is 10.1 Å². The maximum Gasteiger partial charge on any atom is 0.348 e. The zero-order valence-electron chi connectivity index (χ0n) is 14.0. The molecule has 3 aromatic rings. The molecule has 0 unspecified atom stereocenters. The first kappa shape index (κ1) is 17.9. The number of esters is 1. The SMILES string of the molecule is COc1cccc(CNC(=O)COC(=O)c2cc3cc(F)ccc3s2)c1. The van der Waals surface area contributed by atoms with E-state index in [1.165, 1.54) is 23.5 Å². The van der Waals surface area contributed by atoms with Crippen LogP contribution in [0, 0.1) is 5.82 Å². The fraction of sp³-hybridized carbons (Fsp3) is 0.158. The summed E-state index contributed by atoms with van der Waals surface area (Å²) in [5, 5.41) is 3.30. The zero-order valence-corrected chi connectivity index (χ0v) is 14.8. The third kappa shape index (κ3) is 4.37. The number of amides is 1. The molecule has 0 aliphatic heterocycles. The van der Waals surface area contributed by atoms with E-state index in [1.54, 1.807) is 19.2 Å². The van der Waals surface area contributed by atoms with Gasteiger partial charge in [-0.1, -0.05) is 12.1 Å². The third-order valence-corrected chi connectivity index (χ3v) is 4.73. The van der Waals surface area contributed by atoms with Crippen LogP contribution in [0.2, 0.25) is 0 Å². The third-order valence-electron chi connectivity index (χ3n) is 3.64. The van der Waals surface area contributed by atoms with Gasteiger partial charge < -0.3 is 14.8 Å². The van der Waals surface area contributed by atoms with E-state index in [0.717, 1.165) is 10.3 Å². The average Bonchev–Trinajstić information content (AvgIpc) is 3.07. The Morgan fingerprint density at radius 2 is 2.00 bits per heavy atom. The molecule has 1 heterocycles. The molecule has 7 heteroatoms. The lowest BCUT2D eigenvalue weighted by Gasteiger charge is -2.07. The summed E-state index contributed by atoms with van der Waals surface area (Å²) in [6.07, 6.45) is 0. The molecule has 0 aliphatic rings. The van der Waals surface area contributed by atoms with Crippen LogP contribution in [0.25, 0.3) is 10.1 Å². The van der Waals surface area contributed by atoms with Gasteiger partial charge in [0.05, 0.1) is 7.11 Å². The van der Waals surface area contributed by atoms with Crippen molar-refractivity contribution >= 4 is 33.3 Å². The monoisotopic (exact) mass is 373 g/mol. The lowest BCUT2D eigenvalue weighted by atomic mass is 10.2. The Labute approximate surface area is 153 Å². The van der Waals surface area contributed by atoms with Crippen molar-refractivity contribution in [1.82, 2.24) is 5.32 Å². The number of carbonyl (C=O) groups is 2. The van der Waals surface area contributed by atoms with Crippen molar-refractivity contribution in [3.05, 3.63) is 64.8 Å². The zero-order chi connectivity index (χ0) is 18.5. The molecule has 0 saturated heterocycles. The van der Waals surface area contributed by atoms with Crippen LogP contribution in [-0.4, -0.2) is 25.6 Å². The summed E-state index contributed by atoms with van der Waals surface area (Å²) < 4.78 is 24.1. The Bertz CT molecular complexity index is 954. The van der Waals surface area contributed by atoms with Crippen LogP contribution in [0.15, 0.2) is 48.5 Å². The highest BCUT2D eigenvalue weighted by Gasteiger charge is 2.14. The lowest BCUT2D eigenvalue weighted by molar-refractivity contribution is -0.124. The molecule has 5 nitrogen and oxygen atoms in total. The van der Waals surface area contributed by atoms with Gasteiger partial charge in [-0.05, 0) is 47.3 Å². The summed E-state index contributed by atoms with van der Waals surface area (Å²) in [6.45, 7) is -0.0822. The minimum absolute atomic E-state index is 0.301. The quantitative estimate of drug-likeness (QED) is 0.672. The number of methoxy groups -OCH3 is 1. The first-order chi connectivity index (χ1) is 12.5. The molecule has 1 aromatic heterocycles. The van der Waals surface area contributed by atoms with E-state index in [-0.39, 0.29) is 12.4 Å². The summed E-state index contributed by atoms with van der Waals surface area (Å²) in [7, 11) is 1.57. The molecule has 26 heavy (non-hydrogen) atoms. The summed E-state index contributed by atoms with van der Waals surface area (Å²) in [5.41, 5.74) is 0.871. The number of fused-ring (bicyclic) bond motifs is 1. The fourth-order valence-corrected chi connectivity index (χ4v) is 3.29. The van der Waals surface area contributed by atoms with E-state index >= 15 is 0 Å². The van der Waals surface area contributed by atoms with Crippen LogP contribution in [-0.2, 0) is 16.1 Å². The van der Waals surface area contributed by atoms with E-state index in [4.69, 9.17) is 9.47 Å². The molecule has 2 aromatic carbocycles. The average molecular weight is 373 g/mol. The second kappa shape index (κ2) is 7.97. The number of hydrogen-bond acceptors (Lipinski definition) is 5. The largest absolute Gasteiger partial charge is 0.497 e. The summed E-state index contributed by atoms with van der Waals surface area (Å²) in [5.74, 6) is -0.687. The van der Waals surface area contributed by atoms with Gasteiger partial charge in [0.25, 0.3) is 5.91 Å². The van der Waals surface area contributed by atoms with Gasteiger partial charge in [0.1, 0.15) is 16.4 Å². The first-order valence-corrected chi connectivity index (χ1v) is 8.62. The molecule has 0 atom stereocenters. The fourth-order valence-electron chi connectivity index (χ4n) is 2.35. The van der Waals surface area contributed by atoms with Crippen molar-refractivity contribution in [2.75, 3.05) is 13.7 Å². The number of hydrogen-bond donors (Lipinski definition) is 1. The van der Waals surface area contributed by atoms with Gasteiger partial charge >= 0.3 is 5.97 Å². The van der Waals surface area contributed by atoms with Crippen LogP contribution in [0.1, 0.15) is 15.2 Å². The van der Waals surface area contributed by atoms with E-state index < -0.39 is 11.9 Å². The normalized spacial score (nSPS) is 10.5. The van der Waals surface area contributed by atoms with E-state index in [0.29, 0.717) is 22.6 Å². The molecule has 0 radical (unpaired) electrons. The highest BCUT2D eigenvalue weighted by molar-refractivity contribution is 7.20. The maximum atomic E-state index is 13.2. The van der Waals surface area contributed by atoms with Gasteiger partial charge in [-0.2, -0.15) is 0 Å². The molecule has 0 saturated carbocycles. The molecular formula is C19H16FNO4S. The van der Waals surface area contributed by atoms with Crippen molar-refractivity contribution in [2.24, 2.45) is 0 Å². The summed E-state index contributed by atoms with van der Waals surface area (Å²) in [6, 6.07) is 13.1. The van der Waals surface area contributed by atoms with E-state index in [9.17, 15) is 14.0 Å². The number of halogens is 1. The lowest BCUT2D eigenvalue weighted by Crippen LogP contribution is -2.28. The topological polar surface area (TPSA) is 64.6 Å². The van der Waals surface area contributed by atoms with Crippen LogP contribution >= 0.6 is 11.3 Å². The standard InChI is InChI=1S/C19H16FNO4S/c1-24-15-4-2-3-12(7-15)10-21-18(22)11-25-19(23)17-9-13-8-14(20)5-6-16(13)26-17/h2-9H,10-11H2,1H3,(H,21,22). The predicted octanol–water partition coefficient (Wildman–Crippen LogP) is 3.52. The van der Waals surface area contributed by atoms with E-state index in [2.05, 4.69) is 5.32 Å². The first-order valence-electron chi connectivity index (χ1n) is 7.81.